The van der Waals surface area contributed by atoms with E-state index >= 15 is 0 Å². The van der Waals surface area contributed by atoms with Crippen molar-refractivity contribution >= 4 is 21.7 Å². The van der Waals surface area contributed by atoms with E-state index in [0.29, 0.717) is 5.92 Å². The minimum absolute atomic E-state index is 0.0603. The lowest BCUT2D eigenvalue weighted by molar-refractivity contribution is -0.152. The molecule has 2 atom stereocenters. The molecular formula is C23H31FN2O5S. The number of sulfonamides is 1. The van der Waals surface area contributed by atoms with Crippen LogP contribution < -0.4 is 15.2 Å². The third-order valence-electron chi connectivity index (χ3n) is 7.93. The minimum Gasteiger partial charge on any atom is -0.494 e. The summed E-state index contributed by atoms with van der Waals surface area (Å²) in [5.41, 5.74) is 3.96. The molecule has 2 unspecified atom stereocenters. The summed E-state index contributed by atoms with van der Waals surface area (Å²) in [5, 5.41) is 0. The average molecular weight is 467 g/mol. The van der Waals surface area contributed by atoms with Crippen LogP contribution in [0.3, 0.4) is 0 Å². The van der Waals surface area contributed by atoms with E-state index in [1.807, 2.05) is 0 Å². The molecule has 4 saturated carbocycles. The molecule has 4 aliphatic rings. The molecule has 9 heteroatoms. The minimum atomic E-state index is -4.12. The highest BCUT2D eigenvalue weighted by Crippen LogP contribution is 2.62. The fourth-order valence-corrected chi connectivity index (χ4v) is 7.91. The molecule has 4 fully saturated rings. The molecule has 32 heavy (non-hydrogen) atoms. The molecule has 7 nitrogen and oxygen atoms in total. The Labute approximate surface area is 188 Å². The molecule has 1 aromatic carbocycles. The van der Waals surface area contributed by atoms with Crippen LogP contribution in [0.1, 0.15) is 52.4 Å². The number of hydrogen-bond acceptors (Lipinski definition) is 5. The first-order valence-electron chi connectivity index (χ1n) is 11.1. The highest BCUT2D eigenvalue weighted by atomic mass is 32.2. The fourth-order valence-electron chi connectivity index (χ4n) is 6.50. The summed E-state index contributed by atoms with van der Waals surface area (Å²) in [7, 11) is -2.83. The van der Waals surface area contributed by atoms with Gasteiger partial charge in [0.1, 0.15) is 0 Å². The van der Waals surface area contributed by atoms with Crippen LogP contribution >= 0.6 is 0 Å². The van der Waals surface area contributed by atoms with Crippen LogP contribution in [-0.2, 0) is 19.6 Å². The van der Waals surface area contributed by atoms with Crippen molar-refractivity contribution in [2.75, 3.05) is 7.11 Å². The number of nitrogens with two attached hydrogens (primary N) is 1. The summed E-state index contributed by atoms with van der Waals surface area (Å²) in [6, 6.07) is 3.36. The number of hydrogen-bond donors (Lipinski definition) is 2. The van der Waals surface area contributed by atoms with Crippen LogP contribution in [-0.4, -0.2) is 32.8 Å². The predicted octanol–water partition coefficient (Wildman–Crippen LogP) is 2.78. The molecule has 4 bridgehead atoms. The molecule has 0 heterocycles. The molecule has 4 aliphatic carbocycles. The summed E-state index contributed by atoms with van der Waals surface area (Å²) in [4.78, 5) is 25.1. The molecule has 5 rings (SSSR count). The molecule has 0 saturated heterocycles. The summed E-state index contributed by atoms with van der Waals surface area (Å²) in [6.45, 7) is 3.07. The highest BCUT2D eigenvalue weighted by Gasteiger charge is 2.58. The van der Waals surface area contributed by atoms with Crippen molar-refractivity contribution in [1.82, 2.24) is 4.72 Å². The zero-order valence-corrected chi connectivity index (χ0v) is 19.5. The van der Waals surface area contributed by atoms with Crippen molar-refractivity contribution in [3.8, 4) is 5.75 Å². The van der Waals surface area contributed by atoms with Crippen molar-refractivity contribution in [1.29, 1.82) is 0 Å². The van der Waals surface area contributed by atoms with Crippen LogP contribution in [0.5, 0.6) is 5.75 Å². The summed E-state index contributed by atoms with van der Waals surface area (Å²) < 4.78 is 47.0. The van der Waals surface area contributed by atoms with E-state index in [4.69, 9.17) is 10.5 Å². The Bertz CT molecular complexity index is 1040. The Morgan fingerprint density at radius 2 is 1.84 bits per heavy atom. The largest absolute Gasteiger partial charge is 0.494 e. The molecule has 3 N–H and O–H groups in total. The number of nitrogens with one attached hydrogen (secondary N) is 1. The molecule has 1 amide bonds. The van der Waals surface area contributed by atoms with E-state index in [-0.39, 0.29) is 46.5 Å². The number of halogens is 1. The number of carbonyl (C=O) groups is 2. The van der Waals surface area contributed by atoms with Gasteiger partial charge in [0.2, 0.25) is 15.9 Å². The Morgan fingerprint density at radius 1 is 1.22 bits per heavy atom. The Morgan fingerprint density at radius 3 is 2.38 bits per heavy atom. The maximum atomic E-state index is 14.0. The number of ketones is 1. The van der Waals surface area contributed by atoms with Gasteiger partial charge in [-0.1, -0.05) is 0 Å². The van der Waals surface area contributed by atoms with Crippen LogP contribution in [0, 0.1) is 34.9 Å². The molecule has 0 radical (unpaired) electrons. The average Bonchev–Trinajstić information content (AvgIpc) is 2.69. The first kappa shape index (κ1) is 23.2. The number of amides is 1. The lowest BCUT2D eigenvalue weighted by Gasteiger charge is -2.59. The molecule has 0 spiro atoms. The lowest BCUT2D eigenvalue weighted by Crippen LogP contribution is -2.57. The van der Waals surface area contributed by atoms with E-state index in [0.717, 1.165) is 38.2 Å². The second kappa shape index (κ2) is 7.80. The summed E-state index contributed by atoms with van der Waals surface area (Å²) in [6.07, 6.45) is 4.57. The maximum absolute atomic E-state index is 14.0. The Kier molecular flexibility index (Phi) is 5.65. The highest BCUT2D eigenvalue weighted by molar-refractivity contribution is 7.89. The van der Waals surface area contributed by atoms with Crippen molar-refractivity contribution in [2.45, 2.75) is 62.8 Å². The van der Waals surface area contributed by atoms with Crippen LogP contribution in [0.25, 0.3) is 0 Å². The number of ether oxygens (including phenoxy) is 1. The van der Waals surface area contributed by atoms with Crippen molar-refractivity contribution < 1.29 is 27.1 Å². The van der Waals surface area contributed by atoms with Gasteiger partial charge in [-0.05, 0) is 87.8 Å². The van der Waals surface area contributed by atoms with Gasteiger partial charge in [-0.3, -0.25) is 9.59 Å². The van der Waals surface area contributed by atoms with Gasteiger partial charge >= 0.3 is 0 Å². The second-order valence-corrected chi connectivity index (χ2v) is 12.1. The van der Waals surface area contributed by atoms with Gasteiger partial charge in [-0.15, -0.1) is 0 Å². The zero-order valence-electron chi connectivity index (χ0n) is 18.7. The third-order valence-corrected chi connectivity index (χ3v) is 9.59. The quantitative estimate of drug-likeness (QED) is 0.611. The number of rotatable bonds is 8. The standard InChI is InChI=1S/C23H31FN2O5S/c1-22(2,26-32(29,30)16-4-5-19(31-3)18(24)8-16)20(27)9-17-14-6-13-7-15(17)12-23(10-13,11-14)21(25)28/h4-5,8,13-15,17,26H,6-7,9-12H2,1-3H3,(H2,25,28). The molecule has 0 aromatic heterocycles. The van der Waals surface area contributed by atoms with Gasteiger partial charge in [-0.25, -0.2) is 12.8 Å². The molecule has 0 aliphatic heterocycles. The van der Waals surface area contributed by atoms with Gasteiger partial charge in [0.25, 0.3) is 0 Å². The predicted molar refractivity (Wildman–Crippen MR) is 116 cm³/mol. The smallest absolute Gasteiger partial charge is 0.241 e. The summed E-state index contributed by atoms with van der Waals surface area (Å²) >= 11 is 0. The van der Waals surface area contributed by atoms with E-state index in [9.17, 15) is 22.4 Å². The van der Waals surface area contributed by atoms with E-state index in [1.54, 1.807) is 0 Å². The van der Waals surface area contributed by atoms with Crippen LogP contribution in [0.2, 0.25) is 0 Å². The van der Waals surface area contributed by atoms with E-state index in [1.165, 1.54) is 33.1 Å². The van der Waals surface area contributed by atoms with E-state index < -0.39 is 26.8 Å². The molecule has 1 aromatic rings. The first-order chi connectivity index (χ1) is 14.9. The number of carbonyl (C=O) groups excluding carboxylic acids is 2. The Balaban J connectivity index is 1.48. The van der Waals surface area contributed by atoms with Gasteiger partial charge in [0.05, 0.1) is 17.5 Å². The van der Waals surface area contributed by atoms with E-state index in [2.05, 4.69) is 4.72 Å². The normalized spacial score (nSPS) is 31.5. The number of Topliss-reactive ketones (excluding diaryl/α,β-unsaturated/α-hetero) is 1. The zero-order chi connectivity index (χ0) is 23.5. The van der Waals surface area contributed by atoms with Gasteiger partial charge in [-0.2, -0.15) is 4.72 Å². The first-order valence-corrected chi connectivity index (χ1v) is 12.6. The molecule has 176 valence electrons. The second-order valence-electron chi connectivity index (χ2n) is 10.4. The SMILES string of the molecule is COc1ccc(S(=O)(=O)NC(C)(C)C(=O)CC2C3CC4CC2CC(C(N)=O)(C4)C3)cc1F. The number of primary amides is 1. The number of benzene rings is 1. The van der Waals surface area contributed by atoms with Crippen LogP contribution in [0.15, 0.2) is 23.1 Å². The number of methoxy groups -OCH3 is 1. The fraction of sp³-hybridized carbons (Fsp3) is 0.652. The monoisotopic (exact) mass is 466 g/mol. The maximum Gasteiger partial charge on any atom is 0.241 e. The van der Waals surface area contributed by atoms with Gasteiger partial charge in [0, 0.05) is 11.8 Å². The molecular weight excluding hydrogens is 435 g/mol. The third kappa shape index (κ3) is 3.94. The topological polar surface area (TPSA) is 116 Å². The lowest BCUT2D eigenvalue weighted by atomic mass is 9.45. The summed E-state index contributed by atoms with van der Waals surface area (Å²) in [5.74, 6) is -0.133. The Hall–Kier alpha value is -2.00. The van der Waals surface area contributed by atoms with Gasteiger partial charge in [0.15, 0.2) is 17.3 Å². The van der Waals surface area contributed by atoms with Crippen molar-refractivity contribution in [2.24, 2.45) is 34.8 Å². The van der Waals surface area contributed by atoms with Crippen molar-refractivity contribution in [3.63, 3.8) is 0 Å². The van der Waals surface area contributed by atoms with Crippen LogP contribution in [0.4, 0.5) is 4.39 Å². The van der Waals surface area contributed by atoms with Gasteiger partial charge < -0.3 is 10.5 Å². The van der Waals surface area contributed by atoms with Crippen molar-refractivity contribution in [3.05, 3.63) is 24.0 Å².